The van der Waals surface area contributed by atoms with Gasteiger partial charge in [0.05, 0.1) is 16.7 Å². The number of para-hydroxylation sites is 2. The van der Waals surface area contributed by atoms with Gasteiger partial charge in [0.2, 0.25) is 0 Å². The standard InChI is InChI=1S/C60H41NOSi/c1-5-19-42(20-6-1)46-35-36-59-54(39-46)55-40-47(41-58(60(55)62-59)61-56-33-15-13-31-52(56)53-32-14-16-34-57(53)61)44-22-17-21-43(37-44)45-23-18-30-51(38-45)63(48-24-7-2-8-25-48,49-26-9-3-10-27-49)50-28-11-4-12-29-50/h1-41H. The van der Waals surface area contributed by atoms with Crippen LogP contribution in [-0.4, -0.2) is 12.6 Å². The van der Waals surface area contributed by atoms with Crippen LogP contribution in [0.1, 0.15) is 0 Å². The summed E-state index contributed by atoms with van der Waals surface area (Å²) in [6, 6.07) is 91.1. The van der Waals surface area contributed by atoms with E-state index in [-0.39, 0.29) is 0 Å². The molecule has 0 bridgehead atoms. The van der Waals surface area contributed by atoms with E-state index >= 15 is 0 Å². The van der Waals surface area contributed by atoms with Crippen molar-refractivity contribution in [3.63, 3.8) is 0 Å². The molecule has 2 aromatic heterocycles. The first kappa shape index (κ1) is 36.8. The van der Waals surface area contributed by atoms with Gasteiger partial charge >= 0.3 is 0 Å². The second kappa shape index (κ2) is 15.2. The molecule has 0 saturated heterocycles. The van der Waals surface area contributed by atoms with Crippen molar-refractivity contribution in [1.82, 2.24) is 4.57 Å². The first-order valence-corrected chi connectivity index (χ1v) is 23.7. The van der Waals surface area contributed by atoms with E-state index in [9.17, 15) is 0 Å². The van der Waals surface area contributed by atoms with Gasteiger partial charge in [0.1, 0.15) is 5.58 Å². The third-order valence-corrected chi connectivity index (χ3v) is 17.7. The molecule has 0 atom stereocenters. The van der Waals surface area contributed by atoms with Crippen LogP contribution in [0.15, 0.2) is 253 Å². The van der Waals surface area contributed by atoms with Gasteiger partial charge in [-0.1, -0.05) is 206 Å². The van der Waals surface area contributed by atoms with Crippen LogP contribution < -0.4 is 20.7 Å². The van der Waals surface area contributed by atoms with Crippen molar-refractivity contribution in [3.8, 4) is 39.1 Å². The van der Waals surface area contributed by atoms with E-state index in [1.54, 1.807) is 0 Å². The van der Waals surface area contributed by atoms with Crippen LogP contribution in [0.25, 0.3) is 82.8 Å². The number of hydrogen-bond acceptors (Lipinski definition) is 1. The van der Waals surface area contributed by atoms with Crippen LogP contribution in [-0.2, 0) is 0 Å². The van der Waals surface area contributed by atoms with Crippen molar-refractivity contribution >= 4 is 72.6 Å². The second-order valence-corrected chi connectivity index (χ2v) is 20.2. The Morgan fingerprint density at radius 3 is 1.33 bits per heavy atom. The Kier molecular flexibility index (Phi) is 8.87. The third kappa shape index (κ3) is 6.08. The number of aromatic nitrogens is 1. The highest BCUT2D eigenvalue weighted by atomic mass is 28.3. The average molecular weight is 820 g/mol. The molecular weight excluding hydrogens is 779 g/mol. The van der Waals surface area contributed by atoms with Crippen LogP contribution in [0, 0.1) is 0 Å². The lowest BCUT2D eigenvalue weighted by Gasteiger charge is -2.34. The van der Waals surface area contributed by atoms with Crippen molar-refractivity contribution < 1.29 is 4.42 Å². The van der Waals surface area contributed by atoms with E-state index in [4.69, 9.17) is 4.42 Å². The predicted octanol–water partition coefficient (Wildman–Crippen LogP) is 13.1. The minimum absolute atomic E-state index is 0.873. The molecule has 12 aromatic rings. The zero-order valence-electron chi connectivity index (χ0n) is 34.5. The van der Waals surface area contributed by atoms with Crippen molar-refractivity contribution in [1.29, 1.82) is 0 Å². The Morgan fingerprint density at radius 1 is 0.286 bits per heavy atom. The number of fused-ring (bicyclic) bond motifs is 6. The molecule has 2 nitrogen and oxygen atoms in total. The first-order valence-electron chi connectivity index (χ1n) is 21.7. The summed E-state index contributed by atoms with van der Waals surface area (Å²) in [5.74, 6) is 0. The van der Waals surface area contributed by atoms with Crippen LogP contribution in [0.4, 0.5) is 0 Å². The molecule has 0 fully saturated rings. The minimum atomic E-state index is -2.72. The molecule has 0 amide bonds. The van der Waals surface area contributed by atoms with Crippen LogP contribution in [0.3, 0.4) is 0 Å². The van der Waals surface area contributed by atoms with Gasteiger partial charge in [-0.25, -0.2) is 0 Å². The molecule has 63 heavy (non-hydrogen) atoms. The number of hydrogen-bond donors (Lipinski definition) is 0. The molecule has 0 unspecified atom stereocenters. The van der Waals surface area contributed by atoms with Gasteiger partial charge in [0.25, 0.3) is 0 Å². The summed E-state index contributed by atoms with van der Waals surface area (Å²) in [6.45, 7) is 0. The zero-order valence-corrected chi connectivity index (χ0v) is 35.5. The van der Waals surface area contributed by atoms with Gasteiger partial charge in [0, 0.05) is 21.5 Å². The number of furan rings is 1. The molecule has 12 rings (SSSR count). The van der Waals surface area contributed by atoms with E-state index in [0.29, 0.717) is 0 Å². The van der Waals surface area contributed by atoms with Crippen molar-refractivity contribution in [2.45, 2.75) is 0 Å². The van der Waals surface area contributed by atoms with Gasteiger partial charge in [-0.05, 0) is 96.6 Å². The normalized spacial score (nSPS) is 11.8. The van der Waals surface area contributed by atoms with E-state index in [1.807, 2.05) is 0 Å². The molecule has 0 saturated carbocycles. The Balaban J connectivity index is 1.07. The highest BCUT2D eigenvalue weighted by molar-refractivity contribution is 7.19. The molecule has 0 aliphatic carbocycles. The summed E-state index contributed by atoms with van der Waals surface area (Å²) in [6.07, 6.45) is 0. The maximum absolute atomic E-state index is 6.92. The highest BCUT2D eigenvalue weighted by Gasteiger charge is 2.41. The highest BCUT2D eigenvalue weighted by Crippen LogP contribution is 2.42. The van der Waals surface area contributed by atoms with Crippen LogP contribution in [0.2, 0.25) is 0 Å². The van der Waals surface area contributed by atoms with E-state index in [1.165, 1.54) is 48.2 Å². The first-order chi connectivity index (χ1) is 31.2. The quantitative estimate of drug-likeness (QED) is 0.110. The van der Waals surface area contributed by atoms with E-state index in [2.05, 4.69) is 253 Å². The molecule has 2 heterocycles. The smallest absolute Gasteiger partial charge is 0.179 e. The monoisotopic (exact) mass is 819 g/mol. The largest absolute Gasteiger partial charge is 0.454 e. The summed E-state index contributed by atoms with van der Waals surface area (Å²) >= 11 is 0. The maximum Gasteiger partial charge on any atom is 0.179 e. The summed E-state index contributed by atoms with van der Waals surface area (Å²) in [7, 11) is -2.72. The maximum atomic E-state index is 6.92. The van der Waals surface area contributed by atoms with Gasteiger partial charge in [0.15, 0.2) is 13.7 Å². The fourth-order valence-electron chi connectivity index (χ4n) is 10.1. The second-order valence-electron chi connectivity index (χ2n) is 16.4. The molecule has 0 N–H and O–H groups in total. The van der Waals surface area contributed by atoms with Gasteiger partial charge in [-0.15, -0.1) is 0 Å². The number of rotatable bonds is 8. The molecule has 10 aromatic carbocycles. The molecule has 3 heteroatoms. The number of nitrogens with zero attached hydrogens (tertiary/aromatic N) is 1. The van der Waals surface area contributed by atoms with Gasteiger partial charge in [-0.3, -0.25) is 0 Å². The molecule has 0 aliphatic rings. The Hall–Kier alpha value is -7.98. The third-order valence-electron chi connectivity index (χ3n) is 12.9. The lowest BCUT2D eigenvalue weighted by molar-refractivity contribution is 0.666. The average Bonchev–Trinajstić information content (AvgIpc) is 3.91. The topological polar surface area (TPSA) is 18.1 Å². The lowest BCUT2D eigenvalue weighted by atomic mass is 9.96. The Morgan fingerprint density at radius 2 is 0.730 bits per heavy atom. The lowest BCUT2D eigenvalue weighted by Crippen LogP contribution is -2.74. The number of benzene rings is 10. The molecular formula is C60H41NOSi. The molecule has 296 valence electrons. The van der Waals surface area contributed by atoms with E-state index in [0.717, 1.165) is 55.3 Å². The zero-order chi connectivity index (χ0) is 41.7. The summed E-state index contributed by atoms with van der Waals surface area (Å²) in [4.78, 5) is 0. The SMILES string of the molecule is c1ccc(-c2ccc3oc4c(-n5c6ccccc6c6ccccc65)cc(-c5cccc(-c6cccc([Si](c7ccccc7)(c7ccccc7)c7ccccc7)c6)c5)cc4c3c2)cc1. The molecule has 0 aliphatic heterocycles. The van der Waals surface area contributed by atoms with Gasteiger partial charge in [-0.2, -0.15) is 0 Å². The Labute approximate surface area is 367 Å². The van der Waals surface area contributed by atoms with Crippen LogP contribution in [0.5, 0.6) is 0 Å². The van der Waals surface area contributed by atoms with Crippen molar-refractivity contribution in [3.05, 3.63) is 249 Å². The molecule has 0 spiro atoms. The van der Waals surface area contributed by atoms with Gasteiger partial charge < -0.3 is 8.98 Å². The fourth-order valence-corrected chi connectivity index (χ4v) is 14.9. The molecule has 0 radical (unpaired) electrons. The van der Waals surface area contributed by atoms with Crippen LogP contribution >= 0.6 is 0 Å². The van der Waals surface area contributed by atoms with Crippen molar-refractivity contribution in [2.24, 2.45) is 0 Å². The minimum Gasteiger partial charge on any atom is -0.454 e. The van der Waals surface area contributed by atoms with Crippen molar-refractivity contribution in [2.75, 3.05) is 0 Å². The summed E-state index contributed by atoms with van der Waals surface area (Å²) in [5.41, 5.74) is 12.1. The predicted molar refractivity (Wildman–Crippen MR) is 268 cm³/mol. The fraction of sp³-hybridized carbons (Fsp3) is 0. The van der Waals surface area contributed by atoms with E-state index < -0.39 is 8.07 Å². The summed E-state index contributed by atoms with van der Waals surface area (Å²) < 4.78 is 9.31. The summed E-state index contributed by atoms with van der Waals surface area (Å²) in [5, 5.41) is 10.1. The Bertz CT molecular complexity index is 3460.